The summed E-state index contributed by atoms with van der Waals surface area (Å²) in [4.78, 5) is 11.7. The number of ketones is 1. The van der Waals surface area contributed by atoms with Crippen LogP contribution in [0.15, 0.2) is 28.7 Å². The fourth-order valence-corrected chi connectivity index (χ4v) is 2.53. The van der Waals surface area contributed by atoms with Crippen molar-refractivity contribution in [1.82, 2.24) is 5.32 Å². The lowest BCUT2D eigenvalue weighted by Crippen LogP contribution is -2.48. The summed E-state index contributed by atoms with van der Waals surface area (Å²) >= 11 is 3.42. The average molecular weight is 282 g/mol. The fourth-order valence-electron chi connectivity index (χ4n) is 2.26. The maximum Gasteiger partial charge on any atom is 0.136 e. The van der Waals surface area contributed by atoms with Gasteiger partial charge in [-0.25, -0.2) is 0 Å². The zero-order chi connectivity index (χ0) is 11.8. The normalized spacial score (nSPS) is 24.4. The molecule has 0 aromatic heterocycles. The highest BCUT2D eigenvalue weighted by atomic mass is 79.9. The van der Waals surface area contributed by atoms with E-state index >= 15 is 0 Å². The predicted octanol–water partition coefficient (Wildman–Crippen LogP) is 3.22. The van der Waals surface area contributed by atoms with E-state index in [0.717, 1.165) is 4.47 Å². The van der Waals surface area contributed by atoms with Gasteiger partial charge in [0.1, 0.15) is 5.78 Å². The van der Waals surface area contributed by atoms with E-state index in [9.17, 15) is 4.79 Å². The number of hydrogen-bond donors (Lipinski definition) is 1. The summed E-state index contributed by atoms with van der Waals surface area (Å²) in [6, 6.07) is 8.32. The van der Waals surface area contributed by atoms with Gasteiger partial charge in [-0.15, -0.1) is 0 Å². The molecule has 1 aliphatic heterocycles. The standard InChI is InChI=1S/C13H16BrNO/c1-13(2)8-11(16)7-12(15-13)9-3-5-10(14)6-4-9/h3-6,12,15H,7-8H2,1-2H3/t12-/m1/s1. The Morgan fingerprint density at radius 3 is 2.50 bits per heavy atom. The minimum atomic E-state index is -0.0902. The number of nitrogens with one attached hydrogen (secondary N) is 1. The summed E-state index contributed by atoms with van der Waals surface area (Å²) in [5, 5.41) is 3.52. The molecule has 0 amide bonds. The Hall–Kier alpha value is -0.670. The van der Waals surface area contributed by atoms with Crippen LogP contribution in [-0.4, -0.2) is 11.3 Å². The molecule has 1 atom stereocenters. The number of rotatable bonds is 1. The lowest BCUT2D eigenvalue weighted by molar-refractivity contribution is -0.122. The maximum atomic E-state index is 11.7. The Labute approximate surface area is 105 Å². The van der Waals surface area contributed by atoms with Crippen molar-refractivity contribution in [3.05, 3.63) is 34.3 Å². The third-order valence-corrected chi connectivity index (χ3v) is 3.44. The summed E-state index contributed by atoms with van der Waals surface area (Å²) in [6.45, 7) is 4.16. The average Bonchev–Trinajstić information content (AvgIpc) is 2.15. The van der Waals surface area contributed by atoms with E-state index in [1.165, 1.54) is 5.56 Å². The van der Waals surface area contributed by atoms with Crippen LogP contribution in [0.2, 0.25) is 0 Å². The molecule has 0 bridgehead atoms. The van der Waals surface area contributed by atoms with E-state index < -0.39 is 0 Å². The van der Waals surface area contributed by atoms with Crippen molar-refractivity contribution in [2.24, 2.45) is 0 Å². The van der Waals surface area contributed by atoms with Crippen LogP contribution < -0.4 is 5.32 Å². The first-order chi connectivity index (χ1) is 7.46. The Bertz CT molecular complexity index is 397. The van der Waals surface area contributed by atoms with Gasteiger partial charge in [0.25, 0.3) is 0 Å². The SMILES string of the molecule is CC1(C)CC(=O)C[C@H](c2ccc(Br)cc2)N1. The minimum Gasteiger partial charge on any atom is -0.304 e. The topological polar surface area (TPSA) is 29.1 Å². The summed E-state index contributed by atoms with van der Waals surface area (Å²) in [5.74, 6) is 0.344. The smallest absolute Gasteiger partial charge is 0.136 e. The van der Waals surface area contributed by atoms with Crippen LogP contribution in [0.5, 0.6) is 0 Å². The second-order valence-electron chi connectivity index (χ2n) is 5.05. The Morgan fingerprint density at radius 2 is 1.94 bits per heavy atom. The molecule has 0 unspecified atom stereocenters. The maximum absolute atomic E-state index is 11.7. The van der Waals surface area contributed by atoms with Crippen molar-refractivity contribution in [2.45, 2.75) is 38.3 Å². The molecular formula is C13H16BrNO. The molecular weight excluding hydrogens is 266 g/mol. The Balaban J connectivity index is 2.21. The van der Waals surface area contributed by atoms with E-state index in [0.29, 0.717) is 18.6 Å². The number of Topliss-reactive ketones (excluding diaryl/α,β-unsaturated/α-hetero) is 1. The van der Waals surface area contributed by atoms with Crippen molar-refractivity contribution in [1.29, 1.82) is 0 Å². The highest BCUT2D eigenvalue weighted by Gasteiger charge is 2.32. The summed E-state index contributed by atoms with van der Waals surface area (Å²) in [6.07, 6.45) is 1.23. The molecule has 2 rings (SSSR count). The van der Waals surface area contributed by atoms with Gasteiger partial charge >= 0.3 is 0 Å². The minimum absolute atomic E-state index is 0.0902. The number of halogens is 1. The van der Waals surface area contributed by atoms with Crippen LogP contribution in [0.25, 0.3) is 0 Å². The largest absolute Gasteiger partial charge is 0.304 e. The van der Waals surface area contributed by atoms with Crippen molar-refractivity contribution in [3.63, 3.8) is 0 Å². The van der Waals surface area contributed by atoms with Gasteiger partial charge in [0.15, 0.2) is 0 Å². The van der Waals surface area contributed by atoms with Gasteiger partial charge < -0.3 is 5.32 Å². The molecule has 0 aliphatic carbocycles. The Kier molecular flexibility index (Phi) is 3.17. The highest BCUT2D eigenvalue weighted by molar-refractivity contribution is 9.10. The molecule has 1 aromatic carbocycles. The van der Waals surface area contributed by atoms with E-state index in [-0.39, 0.29) is 11.6 Å². The number of piperidine rings is 1. The van der Waals surface area contributed by atoms with Crippen molar-refractivity contribution >= 4 is 21.7 Å². The summed E-state index contributed by atoms with van der Waals surface area (Å²) in [5.41, 5.74) is 1.09. The Morgan fingerprint density at radius 1 is 1.31 bits per heavy atom. The van der Waals surface area contributed by atoms with E-state index in [2.05, 4.69) is 47.2 Å². The lowest BCUT2D eigenvalue weighted by atomic mass is 9.86. The van der Waals surface area contributed by atoms with Gasteiger partial charge in [0, 0.05) is 28.9 Å². The molecule has 1 N–H and O–H groups in total. The monoisotopic (exact) mass is 281 g/mol. The van der Waals surface area contributed by atoms with Gasteiger partial charge in [-0.05, 0) is 31.5 Å². The molecule has 1 aromatic rings. The molecule has 1 saturated heterocycles. The lowest BCUT2D eigenvalue weighted by Gasteiger charge is -2.36. The molecule has 0 radical (unpaired) electrons. The van der Waals surface area contributed by atoms with Crippen molar-refractivity contribution < 1.29 is 4.79 Å². The first kappa shape index (κ1) is 11.8. The number of carbonyl (C=O) groups is 1. The molecule has 0 saturated carbocycles. The van der Waals surface area contributed by atoms with Crippen LogP contribution >= 0.6 is 15.9 Å². The molecule has 3 heteroatoms. The molecule has 2 nitrogen and oxygen atoms in total. The number of benzene rings is 1. The number of carbonyl (C=O) groups excluding carboxylic acids is 1. The summed E-state index contributed by atoms with van der Waals surface area (Å²) in [7, 11) is 0. The second-order valence-corrected chi connectivity index (χ2v) is 5.97. The molecule has 16 heavy (non-hydrogen) atoms. The van der Waals surface area contributed by atoms with Gasteiger partial charge in [0.05, 0.1) is 0 Å². The zero-order valence-corrected chi connectivity index (χ0v) is 11.2. The van der Waals surface area contributed by atoms with E-state index in [4.69, 9.17) is 0 Å². The van der Waals surface area contributed by atoms with Crippen LogP contribution in [0.1, 0.15) is 38.3 Å². The summed E-state index contributed by atoms with van der Waals surface area (Å²) < 4.78 is 1.07. The first-order valence-corrected chi connectivity index (χ1v) is 6.30. The molecule has 1 fully saturated rings. The highest BCUT2D eigenvalue weighted by Crippen LogP contribution is 2.29. The van der Waals surface area contributed by atoms with Crippen LogP contribution in [0, 0.1) is 0 Å². The van der Waals surface area contributed by atoms with Gasteiger partial charge in [0.2, 0.25) is 0 Å². The van der Waals surface area contributed by atoms with Gasteiger partial charge in [-0.3, -0.25) is 4.79 Å². The van der Waals surface area contributed by atoms with Gasteiger partial charge in [-0.1, -0.05) is 28.1 Å². The van der Waals surface area contributed by atoms with Crippen LogP contribution in [0.3, 0.4) is 0 Å². The van der Waals surface area contributed by atoms with Crippen molar-refractivity contribution in [2.75, 3.05) is 0 Å². The van der Waals surface area contributed by atoms with E-state index in [1.54, 1.807) is 0 Å². The van der Waals surface area contributed by atoms with Crippen LogP contribution in [0.4, 0.5) is 0 Å². The zero-order valence-electron chi connectivity index (χ0n) is 9.59. The fraction of sp³-hybridized carbons (Fsp3) is 0.462. The molecule has 1 heterocycles. The number of hydrogen-bond acceptors (Lipinski definition) is 2. The van der Waals surface area contributed by atoms with Gasteiger partial charge in [-0.2, -0.15) is 0 Å². The quantitative estimate of drug-likeness (QED) is 0.857. The molecule has 0 spiro atoms. The van der Waals surface area contributed by atoms with E-state index in [1.807, 2.05) is 12.1 Å². The van der Waals surface area contributed by atoms with Crippen molar-refractivity contribution in [3.8, 4) is 0 Å². The third-order valence-electron chi connectivity index (χ3n) is 2.91. The first-order valence-electron chi connectivity index (χ1n) is 5.51. The predicted molar refractivity (Wildman–Crippen MR) is 68.3 cm³/mol. The molecule has 1 aliphatic rings. The molecule has 86 valence electrons. The second kappa shape index (κ2) is 4.30. The van der Waals surface area contributed by atoms with Crippen LogP contribution in [-0.2, 0) is 4.79 Å². The third kappa shape index (κ3) is 2.71.